The van der Waals surface area contributed by atoms with Gasteiger partial charge in [0, 0.05) is 33.6 Å². The van der Waals surface area contributed by atoms with Crippen LogP contribution >= 0.6 is 11.3 Å². The highest BCUT2D eigenvalue weighted by atomic mass is 32.1. The Balaban J connectivity index is 1.22. The summed E-state index contributed by atoms with van der Waals surface area (Å²) in [5, 5.41) is 0. The Labute approximate surface area is 263 Å². The number of unbranched alkanes of at least 4 members (excludes halogenated alkanes) is 2. The van der Waals surface area contributed by atoms with Crippen molar-refractivity contribution in [3.63, 3.8) is 0 Å². The van der Waals surface area contributed by atoms with Crippen molar-refractivity contribution >= 4 is 22.7 Å². The smallest absolute Gasteiger partial charge is 0.0408 e. The van der Waals surface area contributed by atoms with Gasteiger partial charge in [-0.1, -0.05) is 112 Å². The van der Waals surface area contributed by atoms with Crippen LogP contribution in [0.15, 0.2) is 103 Å². The Morgan fingerprint density at radius 1 is 0.605 bits per heavy atom. The van der Waals surface area contributed by atoms with Gasteiger partial charge in [0.1, 0.15) is 0 Å². The van der Waals surface area contributed by atoms with E-state index in [-0.39, 0.29) is 5.41 Å². The second kappa shape index (κ2) is 12.9. The first-order valence-corrected chi connectivity index (χ1v) is 17.1. The Morgan fingerprint density at radius 2 is 1.12 bits per heavy atom. The highest BCUT2D eigenvalue weighted by Gasteiger charge is 2.33. The maximum absolute atomic E-state index is 2.40. The number of benzene rings is 4. The van der Waals surface area contributed by atoms with Crippen LogP contribution in [0.4, 0.5) is 11.4 Å². The number of fused-ring (bicyclic) bond motifs is 1. The maximum atomic E-state index is 2.40. The van der Waals surface area contributed by atoms with E-state index in [1.807, 2.05) is 11.3 Å². The van der Waals surface area contributed by atoms with Gasteiger partial charge in [0.15, 0.2) is 0 Å². The summed E-state index contributed by atoms with van der Waals surface area (Å²) in [6, 6.07) is 39.4. The monoisotopic (exact) mass is 583 g/mol. The lowest BCUT2D eigenvalue weighted by Crippen LogP contribution is -2.28. The third-order valence-corrected chi connectivity index (χ3v) is 10.8. The van der Waals surface area contributed by atoms with Gasteiger partial charge < -0.3 is 4.90 Å². The van der Waals surface area contributed by atoms with Crippen LogP contribution < -0.4 is 4.90 Å². The average molecular weight is 584 g/mol. The van der Waals surface area contributed by atoms with Gasteiger partial charge in [0.2, 0.25) is 0 Å². The molecule has 1 aliphatic rings. The second-order valence-corrected chi connectivity index (χ2v) is 13.5. The van der Waals surface area contributed by atoms with Crippen molar-refractivity contribution in [3.05, 3.63) is 131 Å². The highest BCUT2D eigenvalue weighted by molar-refractivity contribution is 7.18. The van der Waals surface area contributed by atoms with Crippen molar-refractivity contribution in [2.45, 2.75) is 77.6 Å². The lowest BCUT2D eigenvalue weighted by Gasteiger charge is -2.36. The molecule has 0 unspecified atom stereocenters. The van der Waals surface area contributed by atoms with E-state index in [2.05, 4.69) is 136 Å². The Kier molecular flexibility index (Phi) is 8.86. The van der Waals surface area contributed by atoms with E-state index in [1.54, 1.807) is 0 Å². The average Bonchev–Trinajstić information content (AvgIpc) is 3.53. The first-order chi connectivity index (χ1) is 21.0. The van der Waals surface area contributed by atoms with Gasteiger partial charge in [0.05, 0.1) is 0 Å². The van der Waals surface area contributed by atoms with Gasteiger partial charge >= 0.3 is 0 Å². The van der Waals surface area contributed by atoms with Crippen molar-refractivity contribution in [2.24, 2.45) is 0 Å². The zero-order chi connectivity index (χ0) is 29.8. The van der Waals surface area contributed by atoms with Crippen LogP contribution in [0.1, 0.15) is 80.2 Å². The van der Waals surface area contributed by atoms with E-state index in [0.717, 1.165) is 0 Å². The molecule has 6 rings (SSSR count). The van der Waals surface area contributed by atoms with Crippen LogP contribution in [0.25, 0.3) is 20.9 Å². The lowest BCUT2D eigenvalue weighted by molar-refractivity contribution is 0.406. The molecule has 5 aromatic rings. The number of aryl methyl sites for hydroxylation is 3. The van der Waals surface area contributed by atoms with Gasteiger partial charge in [-0.2, -0.15) is 0 Å². The molecule has 1 aliphatic carbocycles. The fourth-order valence-electron chi connectivity index (χ4n) is 6.70. The molecule has 2 heteroatoms. The lowest BCUT2D eigenvalue weighted by atomic mass is 9.68. The van der Waals surface area contributed by atoms with E-state index < -0.39 is 0 Å². The third kappa shape index (κ3) is 6.08. The van der Waals surface area contributed by atoms with E-state index in [9.17, 15) is 0 Å². The van der Waals surface area contributed by atoms with Gasteiger partial charge in [-0.05, 0) is 102 Å². The first-order valence-electron chi connectivity index (χ1n) is 16.2. The minimum absolute atomic E-state index is 0.0681. The van der Waals surface area contributed by atoms with Crippen molar-refractivity contribution < 1.29 is 0 Å². The topological polar surface area (TPSA) is 3.24 Å². The molecule has 0 saturated heterocycles. The van der Waals surface area contributed by atoms with E-state index in [0.29, 0.717) is 0 Å². The minimum Gasteiger partial charge on any atom is -0.345 e. The quantitative estimate of drug-likeness (QED) is 0.141. The fourth-order valence-corrected chi connectivity index (χ4v) is 7.71. The fraction of sp³-hybridized carbons (Fsp3) is 0.317. The van der Waals surface area contributed by atoms with E-state index in [4.69, 9.17) is 0 Å². The summed E-state index contributed by atoms with van der Waals surface area (Å²) in [7, 11) is 2.18. The van der Waals surface area contributed by atoms with Crippen LogP contribution in [0.5, 0.6) is 0 Å². The Bertz CT molecular complexity index is 1630. The van der Waals surface area contributed by atoms with Gasteiger partial charge in [-0.15, -0.1) is 11.3 Å². The molecule has 0 amide bonds. The number of anilines is 2. The van der Waals surface area contributed by atoms with E-state index in [1.165, 1.54) is 111 Å². The maximum Gasteiger partial charge on any atom is 0.0408 e. The summed E-state index contributed by atoms with van der Waals surface area (Å²) in [5.74, 6) is 0. The highest BCUT2D eigenvalue weighted by Crippen LogP contribution is 2.43. The molecule has 220 valence electrons. The number of thiophene rings is 1. The third-order valence-electron chi connectivity index (χ3n) is 9.63. The predicted molar refractivity (Wildman–Crippen MR) is 188 cm³/mol. The van der Waals surface area contributed by atoms with Crippen LogP contribution in [-0.2, 0) is 18.3 Å². The number of nitrogens with zero attached hydrogens (tertiary/aromatic N) is 1. The molecule has 1 heterocycles. The van der Waals surface area contributed by atoms with Crippen molar-refractivity contribution in [3.8, 4) is 20.9 Å². The van der Waals surface area contributed by atoms with Gasteiger partial charge in [-0.3, -0.25) is 0 Å². The largest absolute Gasteiger partial charge is 0.345 e. The molecular weight excluding hydrogens is 539 g/mol. The molecule has 43 heavy (non-hydrogen) atoms. The Hall–Kier alpha value is -3.62. The van der Waals surface area contributed by atoms with Crippen LogP contribution in [-0.4, -0.2) is 7.05 Å². The number of rotatable bonds is 12. The van der Waals surface area contributed by atoms with Crippen molar-refractivity contribution in [1.82, 2.24) is 0 Å². The SMILES string of the molecule is CCCCC(CCCC)(c1ccc(C)cc1)c1ccc(N(C)c2ccc(-c3ccc(-c4ccc5c(c4)CC5)s3)cc2)cc1. The standard InChI is InChI=1S/C41H45NS/c1-5-7-27-41(28-8-6-2,35-17-9-30(3)10-18-35)36-19-23-38(24-20-36)42(4)37-21-15-32(16-22-37)39-25-26-40(43-39)34-14-12-31-11-13-33(31)29-34/h9-10,12,14-26,29H,5-8,11,13,27-28H2,1-4H3. The van der Waals surface area contributed by atoms with E-state index >= 15 is 0 Å². The summed E-state index contributed by atoms with van der Waals surface area (Å²) in [6.07, 6.45) is 9.77. The van der Waals surface area contributed by atoms with Gasteiger partial charge in [-0.25, -0.2) is 0 Å². The molecule has 0 spiro atoms. The summed E-state index contributed by atoms with van der Waals surface area (Å²) >= 11 is 1.89. The summed E-state index contributed by atoms with van der Waals surface area (Å²) < 4.78 is 0. The number of hydrogen-bond acceptors (Lipinski definition) is 2. The van der Waals surface area contributed by atoms with Crippen LogP contribution in [0.3, 0.4) is 0 Å². The van der Waals surface area contributed by atoms with Gasteiger partial charge in [0.25, 0.3) is 0 Å². The summed E-state index contributed by atoms with van der Waals surface area (Å²) in [5.41, 5.74) is 12.4. The molecular formula is C41H45NS. The zero-order valence-electron chi connectivity index (χ0n) is 26.3. The van der Waals surface area contributed by atoms with Crippen LogP contribution in [0, 0.1) is 6.92 Å². The summed E-state index contributed by atoms with van der Waals surface area (Å²) in [4.78, 5) is 4.98. The Morgan fingerprint density at radius 3 is 1.65 bits per heavy atom. The molecule has 0 radical (unpaired) electrons. The van der Waals surface area contributed by atoms with Crippen LogP contribution in [0.2, 0.25) is 0 Å². The molecule has 0 aliphatic heterocycles. The van der Waals surface area contributed by atoms with Crippen molar-refractivity contribution in [1.29, 1.82) is 0 Å². The normalized spacial score (nSPS) is 12.6. The van der Waals surface area contributed by atoms with Crippen molar-refractivity contribution in [2.75, 3.05) is 11.9 Å². The minimum atomic E-state index is 0.0681. The molecule has 0 saturated carbocycles. The molecule has 0 bridgehead atoms. The molecule has 0 atom stereocenters. The second-order valence-electron chi connectivity index (χ2n) is 12.5. The molecule has 0 N–H and O–H groups in total. The number of hydrogen-bond donors (Lipinski definition) is 0. The zero-order valence-corrected chi connectivity index (χ0v) is 27.1. The molecule has 1 nitrogen and oxygen atoms in total. The summed E-state index contributed by atoms with van der Waals surface area (Å²) in [6.45, 7) is 6.81. The predicted octanol–water partition coefficient (Wildman–Crippen LogP) is 11.9. The first kappa shape index (κ1) is 29.5. The molecule has 1 aromatic heterocycles. The molecule has 0 fully saturated rings. The molecule has 4 aromatic carbocycles.